The Labute approximate surface area is 164 Å². The maximum atomic E-state index is 14.5. The lowest BCUT2D eigenvalue weighted by molar-refractivity contribution is 0.0922. The zero-order chi connectivity index (χ0) is 18.3. The smallest absolute Gasteiger partial charge is 0.272 e. The standard InChI is InChI=1S/C20H25FN4O.ClH/c1-12-8-9-18(15(21)10-12)25-17-7-3-5-14(17)19(24-25)20(26)23-16-6-2-4-13(16)11-22;/h8-10,13,16H,2-7,11,22H2,1H3,(H,23,26);1H. The van der Waals surface area contributed by atoms with Gasteiger partial charge in [-0.25, -0.2) is 9.07 Å². The zero-order valence-corrected chi connectivity index (χ0v) is 16.3. The van der Waals surface area contributed by atoms with E-state index in [1.807, 2.05) is 13.0 Å². The molecule has 1 aromatic heterocycles. The second-order valence-electron chi connectivity index (χ2n) is 7.50. The summed E-state index contributed by atoms with van der Waals surface area (Å²) in [6.07, 6.45) is 5.71. The highest BCUT2D eigenvalue weighted by Gasteiger charge is 2.32. The van der Waals surface area contributed by atoms with Gasteiger partial charge in [0.25, 0.3) is 5.91 Å². The molecule has 2 aliphatic carbocycles. The van der Waals surface area contributed by atoms with Crippen molar-refractivity contribution >= 4 is 18.3 Å². The Bertz CT molecular complexity index is 851. The highest BCUT2D eigenvalue weighted by Crippen LogP contribution is 2.30. The van der Waals surface area contributed by atoms with Crippen molar-refractivity contribution in [3.05, 3.63) is 46.5 Å². The molecule has 2 aromatic rings. The van der Waals surface area contributed by atoms with E-state index in [-0.39, 0.29) is 30.2 Å². The Morgan fingerprint density at radius 3 is 2.89 bits per heavy atom. The first-order valence-electron chi connectivity index (χ1n) is 9.46. The minimum absolute atomic E-state index is 0. The maximum absolute atomic E-state index is 14.5. The first-order valence-corrected chi connectivity index (χ1v) is 9.46. The summed E-state index contributed by atoms with van der Waals surface area (Å²) >= 11 is 0. The number of hydrogen-bond acceptors (Lipinski definition) is 3. The van der Waals surface area contributed by atoms with Gasteiger partial charge in [0.1, 0.15) is 11.5 Å². The molecule has 3 N–H and O–H groups in total. The van der Waals surface area contributed by atoms with Crippen LogP contribution in [-0.2, 0) is 12.8 Å². The first kappa shape index (κ1) is 19.8. The van der Waals surface area contributed by atoms with E-state index in [0.717, 1.165) is 55.3 Å². The van der Waals surface area contributed by atoms with Crippen LogP contribution in [0.3, 0.4) is 0 Å². The molecule has 1 fully saturated rings. The summed E-state index contributed by atoms with van der Waals surface area (Å²) in [5.74, 6) is -0.128. The van der Waals surface area contributed by atoms with Gasteiger partial charge in [-0.1, -0.05) is 12.5 Å². The first-order chi connectivity index (χ1) is 12.6. The molecule has 0 spiro atoms. The van der Waals surface area contributed by atoms with Crippen LogP contribution in [0.5, 0.6) is 0 Å². The van der Waals surface area contributed by atoms with Gasteiger partial charge in [0.05, 0.1) is 0 Å². The quantitative estimate of drug-likeness (QED) is 0.839. The molecule has 27 heavy (non-hydrogen) atoms. The summed E-state index contributed by atoms with van der Waals surface area (Å²) in [6, 6.07) is 5.22. The molecule has 1 saturated carbocycles. The zero-order valence-electron chi connectivity index (χ0n) is 15.5. The van der Waals surface area contributed by atoms with E-state index in [9.17, 15) is 9.18 Å². The average molecular weight is 393 g/mol. The van der Waals surface area contributed by atoms with E-state index in [4.69, 9.17) is 5.73 Å². The molecular formula is C20H26ClFN4O. The number of carbonyl (C=O) groups is 1. The number of nitrogens with zero attached hydrogens (tertiary/aromatic N) is 2. The number of halogens is 2. The summed E-state index contributed by atoms with van der Waals surface area (Å²) in [5, 5.41) is 7.64. The van der Waals surface area contributed by atoms with Crippen LogP contribution in [0, 0.1) is 18.7 Å². The average Bonchev–Trinajstić information content (AvgIpc) is 3.31. The predicted molar refractivity (Wildman–Crippen MR) is 105 cm³/mol. The number of carbonyl (C=O) groups excluding carboxylic acids is 1. The summed E-state index contributed by atoms with van der Waals surface area (Å²) in [5.41, 5.74) is 9.46. The fourth-order valence-corrected chi connectivity index (χ4v) is 4.35. The minimum Gasteiger partial charge on any atom is -0.348 e. The number of rotatable bonds is 4. The normalized spacial score (nSPS) is 21.0. The number of aromatic nitrogens is 2. The molecule has 0 saturated heterocycles. The molecule has 0 radical (unpaired) electrons. The Morgan fingerprint density at radius 1 is 1.33 bits per heavy atom. The molecule has 1 aromatic carbocycles. The van der Waals surface area contributed by atoms with Crippen molar-refractivity contribution in [3.63, 3.8) is 0 Å². The predicted octanol–water partition coefficient (Wildman–Crippen LogP) is 3.09. The number of benzene rings is 1. The summed E-state index contributed by atoms with van der Waals surface area (Å²) in [6.45, 7) is 2.45. The monoisotopic (exact) mass is 392 g/mol. The number of nitrogens with one attached hydrogen (secondary N) is 1. The molecule has 7 heteroatoms. The summed E-state index contributed by atoms with van der Waals surface area (Å²) < 4.78 is 16.1. The van der Waals surface area contributed by atoms with E-state index < -0.39 is 0 Å². The van der Waals surface area contributed by atoms with Crippen LogP contribution in [-0.4, -0.2) is 28.3 Å². The third-order valence-electron chi connectivity index (χ3n) is 5.75. The molecule has 0 bridgehead atoms. The summed E-state index contributed by atoms with van der Waals surface area (Å²) in [4.78, 5) is 12.9. The highest BCUT2D eigenvalue weighted by atomic mass is 35.5. The van der Waals surface area contributed by atoms with E-state index in [1.54, 1.807) is 10.7 Å². The van der Waals surface area contributed by atoms with Crippen molar-refractivity contribution in [2.24, 2.45) is 11.7 Å². The molecule has 2 aliphatic rings. The Hall–Kier alpha value is -1.92. The van der Waals surface area contributed by atoms with Gasteiger partial charge in [-0.05, 0) is 69.2 Å². The van der Waals surface area contributed by atoms with E-state index >= 15 is 0 Å². The molecule has 2 unspecified atom stereocenters. The fourth-order valence-electron chi connectivity index (χ4n) is 4.35. The van der Waals surface area contributed by atoms with Crippen molar-refractivity contribution in [2.45, 2.75) is 51.5 Å². The van der Waals surface area contributed by atoms with Crippen LogP contribution in [0.4, 0.5) is 4.39 Å². The number of hydrogen-bond donors (Lipinski definition) is 2. The van der Waals surface area contributed by atoms with E-state index in [1.165, 1.54) is 6.07 Å². The topological polar surface area (TPSA) is 72.9 Å². The largest absolute Gasteiger partial charge is 0.348 e. The van der Waals surface area contributed by atoms with Crippen LogP contribution in [0.2, 0.25) is 0 Å². The van der Waals surface area contributed by atoms with Gasteiger partial charge in [-0.2, -0.15) is 5.10 Å². The molecule has 1 heterocycles. The molecule has 146 valence electrons. The lowest BCUT2D eigenvalue weighted by Crippen LogP contribution is -2.40. The molecule has 0 aliphatic heterocycles. The molecule has 2 atom stereocenters. The lowest BCUT2D eigenvalue weighted by atomic mass is 10.0. The molecule has 4 rings (SSSR count). The van der Waals surface area contributed by atoms with Gasteiger partial charge in [0, 0.05) is 17.3 Å². The Kier molecular flexibility index (Phi) is 5.86. The number of fused-ring (bicyclic) bond motifs is 1. The summed E-state index contributed by atoms with van der Waals surface area (Å²) in [7, 11) is 0. The maximum Gasteiger partial charge on any atom is 0.272 e. The lowest BCUT2D eigenvalue weighted by Gasteiger charge is -2.19. The number of aryl methyl sites for hydroxylation is 1. The second kappa shape index (κ2) is 7.98. The van der Waals surface area contributed by atoms with Crippen LogP contribution < -0.4 is 11.1 Å². The highest BCUT2D eigenvalue weighted by molar-refractivity contribution is 5.94. The third-order valence-corrected chi connectivity index (χ3v) is 5.75. The van der Waals surface area contributed by atoms with Gasteiger partial charge in [-0.3, -0.25) is 4.79 Å². The van der Waals surface area contributed by atoms with E-state index in [2.05, 4.69) is 10.4 Å². The van der Waals surface area contributed by atoms with Gasteiger partial charge in [0.2, 0.25) is 0 Å². The van der Waals surface area contributed by atoms with E-state index in [0.29, 0.717) is 23.8 Å². The molecule has 1 amide bonds. The van der Waals surface area contributed by atoms with Crippen molar-refractivity contribution in [3.8, 4) is 5.69 Å². The van der Waals surface area contributed by atoms with Crippen molar-refractivity contribution in [1.29, 1.82) is 0 Å². The Morgan fingerprint density at radius 2 is 2.15 bits per heavy atom. The van der Waals surface area contributed by atoms with Gasteiger partial charge >= 0.3 is 0 Å². The van der Waals surface area contributed by atoms with Crippen LogP contribution >= 0.6 is 12.4 Å². The van der Waals surface area contributed by atoms with Crippen molar-refractivity contribution in [2.75, 3.05) is 6.54 Å². The fraction of sp³-hybridized carbons (Fsp3) is 0.500. The van der Waals surface area contributed by atoms with Crippen molar-refractivity contribution < 1.29 is 9.18 Å². The van der Waals surface area contributed by atoms with Gasteiger partial charge in [-0.15, -0.1) is 12.4 Å². The van der Waals surface area contributed by atoms with Crippen LogP contribution in [0.15, 0.2) is 18.2 Å². The van der Waals surface area contributed by atoms with Crippen molar-refractivity contribution in [1.82, 2.24) is 15.1 Å². The second-order valence-corrected chi connectivity index (χ2v) is 7.50. The molecular weight excluding hydrogens is 367 g/mol. The third kappa shape index (κ3) is 3.60. The van der Waals surface area contributed by atoms with Gasteiger partial charge < -0.3 is 11.1 Å². The van der Waals surface area contributed by atoms with Gasteiger partial charge in [0.15, 0.2) is 5.69 Å². The number of nitrogens with two attached hydrogens (primary N) is 1. The van der Waals surface area contributed by atoms with Crippen LogP contribution in [0.1, 0.15) is 53.0 Å². The number of amides is 1. The van der Waals surface area contributed by atoms with Crippen LogP contribution in [0.25, 0.3) is 5.69 Å². The minimum atomic E-state index is -0.312. The molecule has 5 nitrogen and oxygen atoms in total. The SMILES string of the molecule is Cc1ccc(-n2nc(C(=O)NC3CCCC3CN)c3c2CCC3)c(F)c1.Cl. The Balaban J connectivity index is 0.00000210.